The van der Waals surface area contributed by atoms with E-state index in [4.69, 9.17) is 9.47 Å². The van der Waals surface area contributed by atoms with Crippen LogP contribution in [0.25, 0.3) is 0 Å². The van der Waals surface area contributed by atoms with E-state index in [2.05, 4.69) is 9.88 Å². The van der Waals surface area contributed by atoms with Crippen molar-refractivity contribution in [3.8, 4) is 0 Å². The molecule has 3 heterocycles. The van der Waals surface area contributed by atoms with E-state index in [-0.39, 0.29) is 17.3 Å². The first-order valence-corrected chi connectivity index (χ1v) is 9.64. The molecule has 1 amide bonds. The maximum absolute atomic E-state index is 12.8. The highest BCUT2D eigenvalue weighted by Crippen LogP contribution is 2.36. The number of morpholine rings is 1. The van der Waals surface area contributed by atoms with Crippen molar-refractivity contribution >= 4 is 11.9 Å². The van der Waals surface area contributed by atoms with Gasteiger partial charge < -0.3 is 18.9 Å². The number of ether oxygens (including phenoxy) is 2. The molecule has 0 unspecified atom stereocenters. The largest absolute Gasteiger partial charge is 0.465 e. The van der Waals surface area contributed by atoms with Gasteiger partial charge in [-0.25, -0.2) is 4.98 Å². The first-order valence-electron chi connectivity index (χ1n) is 9.64. The molecule has 8 heteroatoms. The Hall–Kier alpha value is -1.93. The maximum Gasteiger partial charge on any atom is 0.302 e. The maximum atomic E-state index is 12.8. The van der Waals surface area contributed by atoms with Gasteiger partial charge in [0, 0.05) is 51.6 Å². The minimum absolute atomic E-state index is 0.144. The number of piperidine rings is 1. The Morgan fingerprint density at radius 3 is 2.52 bits per heavy atom. The standard InChI is InChI=1S/C19H30N4O4/c1-16(24)27-14-19(11-18(25)23-7-9-26-10-8-23)3-5-22(6-4-19)13-17-12-20-15-21(17)2/h12,15H,3-11,13-14H2,1-2H3. The molecule has 1 aromatic rings. The summed E-state index contributed by atoms with van der Waals surface area (Å²) in [6, 6.07) is 0. The van der Waals surface area contributed by atoms with E-state index in [1.165, 1.54) is 12.6 Å². The highest BCUT2D eigenvalue weighted by Gasteiger charge is 2.39. The summed E-state index contributed by atoms with van der Waals surface area (Å²) in [6.45, 7) is 6.84. The topological polar surface area (TPSA) is 76.9 Å². The summed E-state index contributed by atoms with van der Waals surface area (Å²) in [5.74, 6) is -0.143. The van der Waals surface area contributed by atoms with E-state index in [1.54, 1.807) is 0 Å². The highest BCUT2D eigenvalue weighted by molar-refractivity contribution is 5.77. The van der Waals surface area contributed by atoms with Gasteiger partial charge in [-0.2, -0.15) is 0 Å². The van der Waals surface area contributed by atoms with Crippen molar-refractivity contribution < 1.29 is 19.1 Å². The number of carbonyl (C=O) groups is 2. The lowest BCUT2D eigenvalue weighted by atomic mass is 9.75. The number of carbonyl (C=O) groups excluding carboxylic acids is 2. The van der Waals surface area contributed by atoms with Crippen molar-refractivity contribution in [2.75, 3.05) is 46.0 Å². The number of hydrogen-bond donors (Lipinski definition) is 0. The number of likely N-dealkylation sites (tertiary alicyclic amines) is 1. The van der Waals surface area contributed by atoms with Crippen molar-refractivity contribution in [3.63, 3.8) is 0 Å². The zero-order valence-corrected chi connectivity index (χ0v) is 16.4. The number of nitrogens with zero attached hydrogens (tertiary/aromatic N) is 4. The smallest absolute Gasteiger partial charge is 0.302 e. The van der Waals surface area contributed by atoms with Crippen LogP contribution in [0.2, 0.25) is 0 Å². The Morgan fingerprint density at radius 2 is 1.93 bits per heavy atom. The van der Waals surface area contributed by atoms with Crippen LogP contribution in [0.1, 0.15) is 31.9 Å². The number of amides is 1. The lowest BCUT2D eigenvalue weighted by Crippen LogP contribution is -2.47. The fourth-order valence-corrected chi connectivity index (χ4v) is 3.82. The first-order chi connectivity index (χ1) is 13.0. The second kappa shape index (κ2) is 8.84. The van der Waals surface area contributed by atoms with Gasteiger partial charge in [0.25, 0.3) is 0 Å². The van der Waals surface area contributed by atoms with Gasteiger partial charge in [-0.1, -0.05) is 0 Å². The second-order valence-corrected chi connectivity index (χ2v) is 7.72. The Bertz CT molecular complexity index is 646. The van der Waals surface area contributed by atoms with E-state index in [0.29, 0.717) is 39.3 Å². The number of hydrogen-bond acceptors (Lipinski definition) is 6. The van der Waals surface area contributed by atoms with Crippen LogP contribution in [0.5, 0.6) is 0 Å². The van der Waals surface area contributed by atoms with Crippen LogP contribution in [0.4, 0.5) is 0 Å². The molecule has 2 saturated heterocycles. The molecule has 3 rings (SSSR count). The number of aromatic nitrogens is 2. The summed E-state index contributed by atoms with van der Waals surface area (Å²) in [6.07, 6.45) is 5.82. The van der Waals surface area contributed by atoms with Crippen molar-refractivity contribution in [2.45, 2.75) is 32.7 Å². The lowest BCUT2D eigenvalue weighted by Gasteiger charge is -2.42. The fourth-order valence-electron chi connectivity index (χ4n) is 3.82. The number of rotatable bonds is 6. The van der Waals surface area contributed by atoms with Gasteiger partial charge in [-0.15, -0.1) is 0 Å². The minimum Gasteiger partial charge on any atom is -0.465 e. The third-order valence-corrected chi connectivity index (χ3v) is 5.69. The summed E-state index contributed by atoms with van der Waals surface area (Å²) in [7, 11) is 2.00. The van der Waals surface area contributed by atoms with Crippen molar-refractivity contribution in [2.24, 2.45) is 12.5 Å². The SMILES string of the molecule is CC(=O)OCC1(CC(=O)N2CCOCC2)CCN(Cc2cncn2C)CC1. The molecule has 8 nitrogen and oxygen atoms in total. The Balaban J connectivity index is 1.60. The second-order valence-electron chi connectivity index (χ2n) is 7.72. The fraction of sp³-hybridized carbons (Fsp3) is 0.737. The molecule has 2 aliphatic rings. The van der Waals surface area contributed by atoms with E-state index in [9.17, 15) is 9.59 Å². The molecule has 27 heavy (non-hydrogen) atoms. The third kappa shape index (κ3) is 5.29. The van der Waals surface area contributed by atoms with Crippen LogP contribution < -0.4 is 0 Å². The normalized spacial score (nSPS) is 20.4. The quantitative estimate of drug-likeness (QED) is 0.682. The Labute approximate surface area is 160 Å². The summed E-state index contributed by atoms with van der Waals surface area (Å²) < 4.78 is 12.7. The molecule has 2 fully saturated rings. The lowest BCUT2D eigenvalue weighted by molar-refractivity contribution is -0.150. The summed E-state index contributed by atoms with van der Waals surface area (Å²) >= 11 is 0. The van der Waals surface area contributed by atoms with E-state index in [0.717, 1.165) is 32.5 Å². The molecule has 0 radical (unpaired) electrons. The molecule has 0 saturated carbocycles. The zero-order chi connectivity index (χ0) is 19.3. The van der Waals surface area contributed by atoms with Gasteiger partial charge in [0.2, 0.25) is 5.91 Å². The molecular weight excluding hydrogens is 348 g/mol. The van der Waals surface area contributed by atoms with E-state index >= 15 is 0 Å². The third-order valence-electron chi connectivity index (χ3n) is 5.69. The highest BCUT2D eigenvalue weighted by atomic mass is 16.5. The summed E-state index contributed by atoms with van der Waals surface area (Å²) in [5, 5.41) is 0. The Morgan fingerprint density at radius 1 is 1.22 bits per heavy atom. The predicted molar refractivity (Wildman–Crippen MR) is 98.8 cm³/mol. The molecule has 0 atom stereocenters. The first kappa shape index (κ1) is 19.8. The van der Waals surface area contributed by atoms with Crippen LogP contribution in [0.3, 0.4) is 0 Å². The van der Waals surface area contributed by atoms with Gasteiger partial charge in [0.1, 0.15) is 0 Å². The van der Waals surface area contributed by atoms with E-state index < -0.39 is 0 Å². The molecular formula is C19H30N4O4. The number of esters is 1. The minimum atomic E-state index is -0.287. The Kier molecular flexibility index (Phi) is 6.49. The molecule has 0 aromatic carbocycles. The average Bonchev–Trinajstić information content (AvgIpc) is 3.07. The molecule has 0 N–H and O–H groups in total. The van der Waals surface area contributed by atoms with Crippen molar-refractivity contribution in [1.82, 2.24) is 19.4 Å². The zero-order valence-electron chi connectivity index (χ0n) is 16.4. The van der Waals surface area contributed by atoms with Crippen LogP contribution in [-0.4, -0.2) is 77.2 Å². The van der Waals surface area contributed by atoms with Crippen LogP contribution in [0, 0.1) is 5.41 Å². The van der Waals surface area contributed by atoms with Gasteiger partial charge >= 0.3 is 5.97 Å². The molecule has 0 bridgehead atoms. The molecule has 150 valence electrons. The number of aryl methyl sites for hydroxylation is 1. The van der Waals surface area contributed by atoms with Gasteiger partial charge in [0.15, 0.2) is 0 Å². The number of imidazole rings is 1. The predicted octanol–water partition coefficient (Wildman–Crippen LogP) is 0.814. The molecule has 1 aromatic heterocycles. The van der Waals surface area contributed by atoms with Crippen LogP contribution in [0.15, 0.2) is 12.5 Å². The average molecular weight is 378 g/mol. The summed E-state index contributed by atoms with van der Waals surface area (Å²) in [4.78, 5) is 32.6. The van der Waals surface area contributed by atoms with Gasteiger partial charge in [-0.3, -0.25) is 14.5 Å². The van der Waals surface area contributed by atoms with Gasteiger partial charge in [-0.05, 0) is 25.9 Å². The van der Waals surface area contributed by atoms with Crippen LogP contribution in [-0.2, 0) is 32.7 Å². The van der Waals surface area contributed by atoms with E-state index in [1.807, 2.05) is 29.0 Å². The monoisotopic (exact) mass is 378 g/mol. The van der Waals surface area contributed by atoms with Gasteiger partial charge in [0.05, 0.1) is 31.8 Å². The van der Waals surface area contributed by atoms with Crippen molar-refractivity contribution in [1.29, 1.82) is 0 Å². The molecule has 0 spiro atoms. The van der Waals surface area contributed by atoms with Crippen LogP contribution >= 0.6 is 0 Å². The molecule has 0 aliphatic carbocycles. The van der Waals surface area contributed by atoms with Crippen molar-refractivity contribution in [3.05, 3.63) is 18.2 Å². The summed E-state index contributed by atoms with van der Waals surface area (Å²) in [5.41, 5.74) is 0.899. The molecule has 2 aliphatic heterocycles.